The molecule has 0 aromatic carbocycles. The SMILES string of the molecule is CCCN(CC)C(=O)C1CCCCC1CN. The van der Waals surface area contributed by atoms with Crippen LogP contribution >= 0.6 is 0 Å². The Bertz CT molecular complexity index is 218. The Kier molecular flexibility index (Phi) is 5.81. The normalized spacial score (nSPS) is 25.4. The summed E-state index contributed by atoms with van der Waals surface area (Å²) in [7, 11) is 0. The average Bonchev–Trinajstić information content (AvgIpc) is 2.35. The summed E-state index contributed by atoms with van der Waals surface area (Å²) in [6.07, 6.45) is 5.65. The second kappa shape index (κ2) is 6.89. The maximum Gasteiger partial charge on any atom is 0.225 e. The monoisotopic (exact) mass is 226 g/mol. The van der Waals surface area contributed by atoms with E-state index in [1.807, 2.05) is 4.90 Å². The number of rotatable bonds is 5. The molecule has 2 N–H and O–H groups in total. The van der Waals surface area contributed by atoms with Crippen molar-refractivity contribution in [2.75, 3.05) is 19.6 Å². The van der Waals surface area contributed by atoms with Gasteiger partial charge in [-0.3, -0.25) is 4.79 Å². The molecule has 0 bridgehead atoms. The second-order valence-electron chi connectivity index (χ2n) is 4.80. The van der Waals surface area contributed by atoms with Crippen molar-refractivity contribution in [2.45, 2.75) is 46.0 Å². The number of carbonyl (C=O) groups excluding carboxylic acids is 1. The molecule has 0 radical (unpaired) electrons. The minimum atomic E-state index is 0.199. The predicted molar refractivity (Wildman–Crippen MR) is 67.0 cm³/mol. The van der Waals surface area contributed by atoms with Gasteiger partial charge in [0.15, 0.2) is 0 Å². The summed E-state index contributed by atoms with van der Waals surface area (Å²) in [6, 6.07) is 0. The summed E-state index contributed by atoms with van der Waals surface area (Å²) in [5.41, 5.74) is 5.78. The molecule has 1 aliphatic rings. The van der Waals surface area contributed by atoms with Crippen molar-refractivity contribution in [1.29, 1.82) is 0 Å². The van der Waals surface area contributed by atoms with Gasteiger partial charge in [0.05, 0.1) is 0 Å². The van der Waals surface area contributed by atoms with Crippen LogP contribution in [-0.4, -0.2) is 30.4 Å². The van der Waals surface area contributed by atoms with Crippen molar-refractivity contribution in [2.24, 2.45) is 17.6 Å². The van der Waals surface area contributed by atoms with E-state index in [-0.39, 0.29) is 5.92 Å². The highest BCUT2D eigenvalue weighted by atomic mass is 16.2. The molecule has 0 aliphatic heterocycles. The van der Waals surface area contributed by atoms with Crippen molar-refractivity contribution in [1.82, 2.24) is 4.90 Å². The standard InChI is InChI=1S/C13H26N2O/c1-3-9-15(4-2)13(16)12-8-6-5-7-11(12)10-14/h11-12H,3-10,14H2,1-2H3. The Balaban J connectivity index is 2.61. The van der Waals surface area contributed by atoms with E-state index in [4.69, 9.17) is 5.73 Å². The van der Waals surface area contributed by atoms with E-state index in [1.165, 1.54) is 12.8 Å². The van der Waals surface area contributed by atoms with E-state index in [0.29, 0.717) is 18.4 Å². The topological polar surface area (TPSA) is 46.3 Å². The first-order valence-electron chi connectivity index (χ1n) is 6.73. The lowest BCUT2D eigenvalue weighted by atomic mass is 9.78. The summed E-state index contributed by atoms with van der Waals surface area (Å²) in [5.74, 6) is 0.969. The average molecular weight is 226 g/mol. The first kappa shape index (κ1) is 13.5. The molecule has 1 aliphatic carbocycles. The van der Waals surface area contributed by atoms with Gasteiger partial charge >= 0.3 is 0 Å². The Labute approximate surface area is 99.4 Å². The number of nitrogens with two attached hydrogens (primary N) is 1. The number of hydrogen-bond donors (Lipinski definition) is 1. The van der Waals surface area contributed by atoms with E-state index >= 15 is 0 Å². The van der Waals surface area contributed by atoms with Crippen LogP contribution in [-0.2, 0) is 4.79 Å². The first-order valence-corrected chi connectivity index (χ1v) is 6.73. The van der Waals surface area contributed by atoms with Crippen LogP contribution in [0, 0.1) is 11.8 Å². The Morgan fingerprint density at radius 2 is 2.00 bits per heavy atom. The first-order chi connectivity index (χ1) is 7.74. The van der Waals surface area contributed by atoms with E-state index in [9.17, 15) is 4.79 Å². The largest absolute Gasteiger partial charge is 0.343 e. The van der Waals surface area contributed by atoms with Crippen LogP contribution in [0.5, 0.6) is 0 Å². The zero-order chi connectivity index (χ0) is 12.0. The number of carbonyl (C=O) groups is 1. The Hall–Kier alpha value is -0.570. The highest BCUT2D eigenvalue weighted by Gasteiger charge is 2.32. The molecule has 1 amide bonds. The van der Waals surface area contributed by atoms with E-state index in [2.05, 4.69) is 13.8 Å². The third-order valence-corrected chi connectivity index (χ3v) is 3.72. The Morgan fingerprint density at radius 3 is 2.56 bits per heavy atom. The van der Waals surface area contributed by atoms with Crippen LogP contribution in [0.4, 0.5) is 0 Å². The molecular weight excluding hydrogens is 200 g/mol. The molecular formula is C13H26N2O. The maximum absolute atomic E-state index is 12.4. The van der Waals surface area contributed by atoms with Crippen LogP contribution in [0.1, 0.15) is 46.0 Å². The highest BCUT2D eigenvalue weighted by Crippen LogP contribution is 2.30. The molecule has 2 atom stereocenters. The zero-order valence-corrected chi connectivity index (χ0v) is 10.7. The molecule has 1 fully saturated rings. The van der Waals surface area contributed by atoms with Gasteiger partial charge in [-0.05, 0) is 38.6 Å². The van der Waals surface area contributed by atoms with Gasteiger partial charge in [-0.25, -0.2) is 0 Å². The lowest BCUT2D eigenvalue weighted by Crippen LogP contribution is -2.42. The van der Waals surface area contributed by atoms with Gasteiger partial charge in [-0.1, -0.05) is 19.8 Å². The van der Waals surface area contributed by atoms with Crippen LogP contribution in [0.15, 0.2) is 0 Å². The second-order valence-corrected chi connectivity index (χ2v) is 4.80. The summed E-state index contributed by atoms with van der Waals surface area (Å²) in [5, 5.41) is 0. The van der Waals surface area contributed by atoms with E-state index in [1.54, 1.807) is 0 Å². The summed E-state index contributed by atoms with van der Waals surface area (Å²) < 4.78 is 0. The lowest BCUT2D eigenvalue weighted by molar-refractivity contribution is -0.138. The summed E-state index contributed by atoms with van der Waals surface area (Å²) in [6.45, 7) is 6.58. The molecule has 3 heteroatoms. The van der Waals surface area contributed by atoms with Gasteiger partial charge in [0.2, 0.25) is 5.91 Å². The molecule has 0 aromatic rings. The van der Waals surface area contributed by atoms with Gasteiger partial charge in [-0.15, -0.1) is 0 Å². The quantitative estimate of drug-likeness (QED) is 0.779. The zero-order valence-electron chi connectivity index (χ0n) is 10.7. The molecule has 1 saturated carbocycles. The molecule has 1 rings (SSSR count). The molecule has 0 spiro atoms. The fourth-order valence-electron chi connectivity index (χ4n) is 2.74. The molecule has 3 nitrogen and oxygen atoms in total. The smallest absolute Gasteiger partial charge is 0.225 e. The minimum absolute atomic E-state index is 0.199. The van der Waals surface area contributed by atoms with Gasteiger partial charge in [0.25, 0.3) is 0 Å². The van der Waals surface area contributed by atoms with Gasteiger partial charge in [0.1, 0.15) is 0 Å². The fourth-order valence-corrected chi connectivity index (χ4v) is 2.74. The molecule has 16 heavy (non-hydrogen) atoms. The predicted octanol–water partition coefficient (Wildman–Crippen LogP) is 2.01. The van der Waals surface area contributed by atoms with Crippen molar-refractivity contribution in [3.05, 3.63) is 0 Å². The van der Waals surface area contributed by atoms with Gasteiger partial charge in [0, 0.05) is 19.0 Å². The van der Waals surface area contributed by atoms with E-state index < -0.39 is 0 Å². The molecule has 2 unspecified atom stereocenters. The molecule has 0 heterocycles. The van der Waals surface area contributed by atoms with Crippen molar-refractivity contribution < 1.29 is 4.79 Å². The summed E-state index contributed by atoms with van der Waals surface area (Å²) >= 11 is 0. The highest BCUT2D eigenvalue weighted by molar-refractivity contribution is 5.79. The maximum atomic E-state index is 12.4. The minimum Gasteiger partial charge on any atom is -0.343 e. The van der Waals surface area contributed by atoms with Gasteiger partial charge < -0.3 is 10.6 Å². The fraction of sp³-hybridized carbons (Fsp3) is 0.923. The third-order valence-electron chi connectivity index (χ3n) is 3.72. The molecule has 0 saturated heterocycles. The molecule has 0 aromatic heterocycles. The lowest BCUT2D eigenvalue weighted by Gasteiger charge is -2.33. The van der Waals surface area contributed by atoms with Crippen molar-refractivity contribution >= 4 is 5.91 Å². The van der Waals surface area contributed by atoms with Crippen molar-refractivity contribution in [3.8, 4) is 0 Å². The Morgan fingerprint density at radius 1 is 1.31 bits per heavy atom. The number of amides is 1. The van der Waals surface area contributed by atoms with Gasteiger partial charge in [-0.2, -0.15) is 0 Å². The van der Waals surface area contributed by atoms with Crippen LogP contribution in [0.2, 0.25) is 0 Å². The van der Waals surface area contributed by atoms with Crippen molar-refractivity contribution in [3.63, 3.8) is 0 Å². The summed E-state index contributed by atoms with van der Waals surface area (Å²) in [4.78, 5) is 14.4. The number of nitrogens with zero attached hydrogens (tertiary/aromatic N) is 1. The van der Waals surface area contributed by atoms with E-state index in [0.717, 1.165) is 32.4 Å². The molecule has 94 valence electrons. The van der Waals surface area contributed by atoms with Crippen LogP contribution in [0.3, 0.4) is 0 Å². The third kappa shape index (κ3) is 3.21. The number of hydrogen-bond acceptors (Lipinski definition) is 2. The van der Waals surface area contributed by atoms with Crippen LogP contribution in [0.25, 0.3) is 0 Å². The van der Waals surface area contributed by atoms with Crippen LogP contribution < -0.4 is 5.73 Å².